The summed E-state index contributed by atoms with van der Waals surface area (Å²) in [6.45, 7) is 3.94. The number of halogens is 2. The Labute approximate surface area is 208 Å². The van der Waals surface area contributed by atoms with Crippen LogP contribution in [0.5, 0.6) is 0 Å². The van der Waals surface area contributed by atoms with Crippen LogP contribution >= 0.6 is 23.2 Å². The number of carbonyl (C=O) groups excluding carboxylic acids is 3. The van der Waals surface area contributed by atoms with Crippen molar-refractivity contribution in [2.45, 2.75) is 32.9 Å². The molecular formula is C26H25Cl2N3O3. The normalized spacial score (nSPS) is 13.3. The Bertz CT molecular complexity index is 1250. The topological polar surface area (TPSA) is 69.7 Å². The molecule has 1 heterocycles. The smallest absolute Gasteiger partial charge is 0.259 e. The van der Waals surface area contributed by atoms with E-state index in [1.807, 2.05) is 44.2 Å². The summed E-state index contributed by atoms with van der Waals surface area (Å²) in [5.74, 6) is -0.867. The summed E-state index contributed by atoms with van der Waals surface area (Å²) in [6.07, 6.45) is 0.392. The number of carbonyl (C=O) groups is 3. The molecule has 4 rings (SSSR count). The van der Waals surface area contributed by atoms with Crippen LogP contribution in [-0.4, -0.2) is 41.8 Å². The lowest BCUT2D eigenvalue weighted by molar-refractivity contribution is -0.140. The van der Waals surface area contributed by atoms with Crippen LogP contribution < -0.4 is 10.2 Å². The molecule has 1 N–H and O–H groups in total. The van der Waals surface area contributed by atoms with Gasteiger partial charge in [0, 0.05) is 39.6 Å². The number of hydrogen-bond donors (Lipinski definition) is 1. The van der Waals surface area contributed by atoms with Crippen LogP contribution in [0.25, 0.3) is 10.8 Å². The van der Waals surface area contributed by atoms with E-state index in [0.29, 0.717) is 39.8 Å². The number of nitrogens with zero attached hydrogens (tertiary/aromatic N) is 2. The highest BCUT2D eigenvalue weighted by Crippen LogP contribution is 2.37. The Hall–Kier alpha value is -3.09. The average molecular weight is 498 g/mol. The maximum Gasteiger partial charge on any atom is 0.259 e. The van der Waals surface area contributed by atoms with E-state index in [0.717, 1.165) is 10.8 Å². The molecule has 1 aliphatic heterocycles. The molecule has 0 fully saturated rings. The van der Waals surface area contributed by atoms with Gasteiger partial charge in [-0.15, -0.1) is 0 Å². The van der Waals surface area contributed by atoms with Crippen molar-refractivity contribution in [1.29, 1.82) is 0 Å². The van der Waals surface area contributed by atoms with E-state index in [9.17, 15) is 14.4 Å². The van der Waals surface area contributed by atoms with Crippen molar-refractivity contribution >= 4 is 57.4 Å². The van der Waals surface area contributed by atoms with Crippen LogP contribution in [0.3, 0.4) is 0 Å². The molecule has 3 aromatic carbocycles. The SMILES string of the molecule is CCNC(=O)[C@H](CC)N(Cc1c(Cl)cccc1Cl)C(=O)CN1C(=O)c2cccc3cccc1c23. The minimum Gasteiger partial charge on any atom is -0.355 e. The fourth-order valence-electron chi connectivity index (χ4n) is 4.43. The Morgan fingerprint density at radius 3 is 2.29 bits per heavy atom. The molecular weight excluding hydrogens is 473 g/mol. The largest absolute Gasteiger partial charge is 0.355 e. The molecule has 0 aromatic heterocycles. The van der Waals surface area contributed by atoms with Crippen LogP contribution in [0, 0.1) is 0 Å². The van der Waals surface area contributed by atoms with Gasteiger partial charge in [-0.25, -0.2) is 0 Å². The lowest BCUT2D eigenvalue weighted by Crippen LogP contribution is -2.52. The fourth-order valence-corrected chi connectivity index (χ4v) is 4.94. The van der Waals surface area contributed by atoms with Crippen molar-refractivity contribution in [3.8, 4) is 0 Å². The average Bonchev–Trinajstić information content (AvgIpc) is 3.09. The van der Waals surface area contributed by atoms with Crippen molar-refractivity contribution in [3.05, 3.63) is 75.8 Å². The van der Waals surface area contributed by atoms with E-state index >= 15 is 0 Å². The highest BCUT2D eigenvalue weighted by Gasteiger charge is 2.35. The molecule has 34 heavy (non-hydrogen) atoms. The van der Waals surface area contributed by atoms with Gasteiger partial charge in [0.1, 0.15) is 12.6 Å². The second kappa shape index (κ2) is 10.0. The molecule has 0 saturated carbocycles. The van der Waals surface area contributed by atoms with Gasteiger partial charge in [-0.3, -0.25) is 19.3 Å². The fraction of sp³-hybridized carbons (Fsp3) is 0.269. The van der Waals surface area contributed by atoms with Crippen molar-refractivity contribution in [1.82, 2.24) is 10.2 Å². The van der Waals surface area contributed by atoms with E-state index in [2.05, 4.69) is 5.32 Å². The van der Waals surface area contributed by atoms with Crippen LogP contribution in [0.1, 0.15) is 36.2 Å². The minimum atomic E-state index is -0.740. The van der Waals surface area contributed by atoms with Crippen LogP contribution in [0.15, 0.2) is 54.6 Å². The van der Waals surface area contributed by atoms with E-state index in [4.69, 9.17) is 23.2 Å². The first-order valence-electron chi connectivity index (χ1n) is 11.2. The van der Waals surface area contributed by atoms with Gasteiger partial charge < -0.3 is 10.2 Å². The Kier molecular flexibility index (Phi) is 7.10. The second-order valence-corrected chi connectivity index (χ2v) is 8.93. The maximum atomic E-state index is 13.7. The van der Waals surface area contributed by atoms with Gasteiger partial charge in [-0.1, -0.05) is 60.5 Å². The molecule has 0 saturated heterocycles. The quantitative estimate of drug-likeness (QED) is 0.473. The summed E-state index contributed by atoms with van der Waals surface area (Å²) in [5, 5.41) is 5.39. The predicted octanol–water partition coefficient (Wildman–Crippen LogP) is 5.05. The number of likely N-dealkylation sites (N-methyl/N-ethyl adjacent to an activating group) is 1. The molecule has 3 amide bonds. The standard InChI is InChI=1S/C26H25Cl2N3O3/c1-3-21(25(33)29-4-2)30(14-18-19(27)11-7-12-20(18)28)23(32)15-31-22-13-6-9-16-8-5-10-17(24(16)22)26(31)34/h5-13,21H,3-4,14-15H2,1-2H3,(H,29,33)/t21-/m0/s1. The van der Waals surface area contributed by atoms with Gasteiger partial charge in [-0.2, -0.15) is 0 Å². The van der Waals surface area contributed by atoms with Crippen LogP contribution in [0.2, 0.25) is 10.0 Å². The lowest BCUT2D eigenvalue weighted by atomic mass is 10.1. The maximum absolute atomic E-state index is 13.7. The molecule has 176 valence electrons. The first-order chi connectivity index (χ1) is 16.4. The summed E-state index contributed by atoms with van der Waals surface area (Å²) < 4.78 is 0. The molecule has 0 aliphatic carbocycles. The molecule has 0 spiro atoms. The van der Waals surface area contributed by atoms with Gasteiger partial charge in [0.15, 0.2) is 0 Å². The Morgan fingerprint density at radius 2 is 1.65 bits per heavy atom. The zero-order valence-corrected chi connectivity index (χ0v) is 20.5. The van der Waals surface area contributed by atoms with Crippen LogP contribution in [-0.2, 0) is 16.1 Å². The molecule has 6 nitrogen and oxygen atoms in total. The summed E-state index contributed by atoms with van der Waals surface area (Å²) in [5.41, 5.74) is 1.81. The minimum absolute atomic E-state index is 0.0478. The van der Waals surface area contributed by atoms with Gasteiger partial charge in [-0.05, 0) is 43.0 Å². The zero-order chi connectivity index (χ0) is 24.4. The number of amides is 3. The first kappa shape index (κ1) is 24.0. The highest BCUT2D eigenvalue weighted by molar-refractivity contribution is 6.36. The van der Waals surface area contributed by atoms with Gasteiger partial charge in [0.05, 0.1) is 5.69 Å². The van der Waals surface area contributed by atoms with Gasteiger partial charge in [0.25, 0.3) is 5.91 Å². The number of nitrogens with one attached hydrogen (secondary N) is 1. The molecule has 0 unspecified atom stereocenters. The van der Waals surface area contributed by atoms with E-state index < -0.39 is 6.04 Å². The third kappa shape index (κ3) is 4.36. The highest BCUT2D eigenvalue weighted by atomic mass is 35.5. The monoisotopic (exact) mass is 497 g/mol. The Morgan fingerprint density at radius 1 is 1.00 bits per heavy atom. The van der Waals surface area contributed by atoms with Gasteiger partial charge in [0.2, 0.25) is 11.8 Å². The predicted molar refractivity (Wildman–Crippen MR) is 135 cm³/mol. The summed E-state index contributed by atoms with van der Waals surface area (Å²) in [4.78, 5) is 42.7. The third-order valence-corrected chi connectivity index (χ3v) is 6.78. The van der Waals surface area contributed by atoms with Crippen molar-refractivity contribution < 1.29 is 14.4 Å². The van der Waals surface area contributed by atoms with E-state index in [-0.39, 0.29) is 30.8 Å². The number of anilines is 1. The first-order valence-corrected chi connectivity index (χ1v) is 12.0. The number of hydrogen-bond acceptors (Lipinski definition) is 3. The van der Waals surface area contributed by atoms with E-state index in [1.54, 1.807) is 24.3 Å². The van der Waals surface area contributed by atoms with Crippen molar-refractivity contribution in [2.24, 2.45) is 0 Å². The van der Waals surface area contributed by atoms with Crippen molar-refractivity contribution in [2.75, 3.05) is 18.0 Å². The van der Waals surface area contributed by atoms with E-state index in [1.165, 1.54) is 9.80 Å². The summed E-state index contributed by atoms with van der Waals surface area (Å²) >= 11 is 12.8. The third-order valence-electron chi connectivity index (χ3n) is 6.07. The molecule has 0 bridgehead atoms. The summed E-state index contributed by atoms with van der Waals surface area (Å²) in [7, 11) is 0. The molecule has 1 aliphatic rings. The molecule has 8 heteroatoms. The van der Waals surface area contributed by atoms with Crippen molar-refractivity contribution in [3.63, 3.8) is 0 Å². The molecule has 3 aromatic rings. The molecule has 1 atom stereocenters. The van der Waals surface area contributed by atoms with Crippen LogP contribution in [0.4, 0.5) is 5.69 Å². The number of benzene rings is 3. The second-order valence-electron chi connectivity index (χ2n) is 8.11. The zero-order valence-electron chi connectivity index (χ0n) is 19.0. The number of rotatable bonds is 8. The van der Waals surface area contributed by atoms with Gasteiger partial charge >= 0.3 is 0 Å². The lowest BCUT2D eigenvalue weighted by Gasteiger charge is -2.32. The Balaban J connectivity index is 1.69. The molecule has 0 radical (unpaired) electrons. The summed E-state index contributed by atoms with van der Waals surface area (Å²) in [6, 6.07) is 15.5.